The highest BCUT2D eigenvalue weighted by molar-refractivity contribution is 9.70. The topological polar surface area (TPSA) is 0 Å². The summed E-state index contributed by atoms with van der Waals surface area (Å²) in [7, 11) is 0. The van der Waals surface area contributed by atoms with Gasteiger partial charge < -0.3 is 0 Å². The Bertz CT molecular complexity index is 175. The highest BCUT2D eigenvalue weighted by Gasteiger charge is 2.01. The number of allylic oxidation sites excluding steroid dienone is 3. The maximum Gasteiger partial charge on any atom is 0.0733 e. The van der Waals surface area contributed by atoms with E-state index in [9.17, 15) is 0 Å². The summed E-state index contributed by atoms with van der Waals surface area (Å²) in [5, 5.41) is 0.919. The molecule has 0 N–H and O–H groups in total. The summed E-state index contributed by atoms with van der Waals surface area (Å²) < 4.78 is 0. The van der Waals surface area contributed by atoms with Crippen LogP contribution < -0.4 is 0 Å². The van der Waals surface area contributed by atoms with Gasteiger partial charge in [0.1, 0.15) is 0 Å². The van der Waals surface area contributed by atoms with Crippen LogP contribution in [0.1, 0.15) is 0 Å². The zero-order chi connectivity index (χ0) is 5.98. The molecule has 0 saturated carbocycles. The molecule has 0 bridgehead atoms. The summed E-state index contributed by atoms with van der Waals surface area (Å²) in [5.74, 6) is 0. The molecule has 0 spiro atoms. The van der Waals surface area contributed by atoms with Crippen LogP contribution in [0.4, 0.5) is 0 Å². The molecule has 0 aromatic carbocycles. The van der Waals surface area contributed by atoms with E-state index < -0.39 is 0 Å². The lowest BCUT2D eigenvalue weighted by molar-refractivity contribution is 2.04. The summed E-state index contributed by atoms with van der Waals surface area (Å²) >= 11 is 6.82. The largest absolute Gasteiger partial charge is 0.111 e. The average Bonchev–Trinajstić information content (AvgIpc) is 2.12. The fourth-order valence-electron chi connectivity index (χ4n) is 0.426. The first-order valence-electron chi connectivity index (χ1n) is 2.06. The van der Waals surface area contributed by atoms with Crippen molar-refractivity contribution in [2.24, 2.45) is 0 Å². The van der Waals surface area contributed by atoms with Crippen LogP contribution in [0.3, 0.4) is 0 Å². The molecule has 3 heteroatoms. The third kappa shape index (κ3) is 1.56. The van der Waals surface area contributed by atoms with Crippen LogP contribution in [0.2, 0.25) is 0 Å². The molecule has 1 rings (SSSR count). The highest BCUT2D eigenvalue weighted by Crippen LogP contribution is 2.59. The molecule has 0 atom stereocenters. The van der Waals surface area contributed by atoms with E-state index in [1.165, 1.54) is 5.31 Å². The Morgan fingerprint density at radius 1 is 1.50 bits per heavy atom. The van der Waals surface area contributed by atoms with Crippen LogP contribution >= 0.6 is 36.3 Å². The second kappa shape index (κ2) is 2.98. The van der Waals surface area contributed by atoms with Crippen LogP contribution in [-0.2, 0) is 0 Å². The van der Waals surface area contributed by atoms with Gasteiger partial charge in [0.15, 0.2) is 0 Å². The van der Waals surface area contributed by atoms with E-state index in [4.69, 9.17) is 0 Å². The Morgan fingerprint density at radius 2 is 2.25 bits per heavy atom. The molecule has 0 nitrogen and oxygen atoms in total. The van der Waals surface area contributed by atoms with Gasteiger partial charge in [-0.3, -0.25) is 0 Å². The lowest BCUT2D eigenvalue weighted by atomic mass is 10.6. The molecule has 0 heterocycles. The van der Waals surface area contributed by atoms with Crippen molar-refractivity contribution in [1.82, 2.24) is 0 Å². The van der Waals surface area contributed by atoms with Gasteiger partial charge in [0.05, 0.1) is 5.33 Å². The van der Waals surface area contributed by atoms with Crippen LogP contribution in [0, 0.1) is 0 Å². The summed E-state index contributed by atoms with van der Waals surface area (Å²) in [6, 6.07) is 0. The Kier molecular flexibility index (Phi) is 2.52. The summed E-state index contributed by atoms with van der Waals surface area (Å²) in [4.78, 5) is 0. The van der Waals surface area contributed by atoms with Crippen LogP contribution in [-0.4, -0.2) is 0 Å². The van der Waals surface area contributed by atoms with E-state index in [1.54, 1.807) is 0 Å². The van der Waals surface area contributed by atoms with Gasteiger partial charge in [-0.05, 0) is 43.1 Å². The van der Waals surface area contributed by atoms with Crippen molar-refractivity contribution in [1.29, 1.82) is 0 Å². The van der Waals surface area contributed by atoms with Gasteiger partial charge in [0.2, 0.25) is 0 Å². The number of hydrogen-bond acceptors (Lipinski definition) is 0. The van der Waals surface area contributed by atoms with Crippen molar-refractivity contribution in [3.8, 4) is 0 Å². The molecule has 8 heavy (non-hydrogen) atoms. The molecule has 0 aliphatic heterocycles. The average molecular weight is 254 g/mol. The molecular weight excluding hydrogens is 251 g/mol. The van der Waals surface area contributed by atoms with Gasteiger partial charge in [0, 0.05) is 5.31 Å². The maximum absolute atomic E-state index is 3.41. The van der Waals surface area contributed by atoms with E-state index >= 15 is 0 Å². The lowest BCUT2D eigenvalue weighted by Gasteiger charge is -1.92. The summed E-state index contributed by atoms with van der Waals surface area (Å²) in [5.41, 5.74) is 3.07. The maximum atomic E-state index is 3.41. The highest BCUT2D eigenvalue weighted by atomic mass is 79.9. The van der Waals surface area contributed by atoms with Crippen molar-refractivity contribution in [3.63, 3.8) is 0 Å². The lowest BCUT2D eigenvalue weighted by Crippen LogP contribution is -1.52. The summed E-state index contributed by atoms with van der Waals surface area (Å²) in [6.45, 7) is 0. The molecule has 42 valence electrons. The molecule has 1 aliphatic rings. The summed E-state index contributed by atoms with van der Waals surface area (Å²) in [6.07, 6.45) is 5.93. The van der Waals surface area contributed by atoms with E-state index in [1.807, 2.05) is 18.2 Å². The van der Waals surface area contributed by atoms with Gasteiger partial charge in [0.25, 0.3) is 0 Å². The quantitative estimate of drug-likeness (QED) is 0.494. The van der Waals surface area contributed by atoms with Crippen LogP contribution in [0.5, 0.6) is 0 Å². The minimum Gasteiger partial charge on any atom is -0.111 e. The normalized spacial score (nSPS) is 15.6. The first kappa shape index (κ1) is 6.77. The van der Waals surface area contributed by atoms with Crippen molar-refractivity contribution < 1.29 is 0 Å². The Morgan fingerprint density at radius 3 is 2.50 bits per heavy atom. The molecule has 0 saturated heterocycles. The van der Waals surface area contributed by atoms with Crippen LogP contribution in [0.25, 0.3) is 0 Å². The molecule has 0 unspecified atom stereocenters. The van der Waals surface area contributed by atoms with Crippen molar-refractivity contribution in [3.05, 3.63) is 29.3 Å². The molecule has 1 aliphatic carbocycles. The Hall–Kier alpha value is 0.650. The Labute approximate surface area is 65.6 Å². The Balaban J connectivity index is 2.74. The number of rotatable bonds is 1. The first-order chi connectivity index (χ1) is 3.80. The molecular formula is C5H3Br2P. The third-order valence-electron chi connectivity index (χ3n) is 0.764. The van der Waals surface area contributed by atoms with Crippen molar-refractivity contribution in [2.75, 3.05) is 0 Å². The van der Waals surface area contributed by atoms with E-state index in [0.29, 0.717) is 0 Å². The molecule has 0 aromatic heterocycles. The molecule has 0 amide bonds. The predicted octanol–water partition coefficient (Wildman–Crippen LogP) is 3.70. The monoisotopic (exact) mass is 252 g/mol. The third-order valence-corrected chi connectivity index (χ3v) is 3.70. The second-order valence-corrected chi connectivity index (χ2v) is 9.35. The van der Waals surface area contributed by atoms with Gasteiger partial charge in [-0.1, -0.05) is 6.08 Å². The zero-order valence-electron chi connectivity index (χ0n) is 3.94. The first-order valence-corrected chi connectivity index (χ1v) is 7.43. The van der Waals surface area contributed by atoms with Crippen molar-refractivity contribution >= 4 is 36.3 Å². The standard InChI is InChI=1S/C5H3Br2P/c6-8(7)5-3-1-2-4-5/h1-3H. The van der Waals surface area contributed by atoms with Crippen molar-refractivity contribution in [2.45, 2.75) is 0 Å². The number of halogens is 2. The van der Waals surface area contributed by atoms with E-state index in [2.05, 4.69) is 36.7 Å². The van der Waals surface area contributed by atoms with Gasteiger partial charge in [-0.25, -0.2) is 0 Å². The van der Waals surface area contributed by atoms with Gasteiger partial charge >= 0.3 is 0 Å². The minimum atomic E-state index is -0.289. The zero-order valence-corrected chi connectivity index (χ0v) is 8.00. The SMILES string of the molecule is BrP(Br)C1=C=CC=C1. The fraction of sp³-hybridized carbons (Fsp3) is 0. The molecule has 0 fully saturated rings. The van der Waals surface area contributed by atoms with E-state index in [-0.39, 0.29) is 5.33 Å². The molecule has 0 radical (unpaired) electrons. The van der Waals surface area contributed by atoms with Crippen LogP contribution in [0.15, 0.2) is 29.3 Å². The fourth-order valence-corrected chi connectivity index (χ4v) is 2.12. The predicted molar refractivity (Wildman–Crippen MR) is 45.5 cm³/mol. The van der Waals surface area contributed by atoms with E-state index in [0.717, 1.165) is 0 Å². The van der Waals surface area contributed by atoms with Gasteiger partial charge in [-0.2, -0.15) is 0 Å². The minimum absolute atomic E-state index is 0.289. The molecule has 0 aromatic rings. The second-order valence-electron chi connectivity index (χ2n) is 1.29. The van der Waals surface area contributed by atoms with Gasteiger partial charge in [-0.15, -0.1) is 5.73 Å². The smallest absolute Gasteiger partial charge is 0.0733 e. The number of hydrogen-bond donors (Lipinski definition) is 0.